The topological polar surface area (TPSA) is 92.8 Å². The van der Waals surface area contributed by atoms with E-state index < -0.39 is 20.0 Å². The molecule has 1 aromatic rings. The zero-order chi connectivity index (χ0) is 19.4. The van der Waals surface area contributed by atoms with Crippen LogP contribution in [0.25, 0.3) is 0 Å². The molecule has 0 aliphatic carbocycles. The van der Waals surface area contributed by atoms with Crippen molar-refractivity contribution in [2.75, 3.05) is 19.6 Å². The number of rotatable bonds is 8. The summed E-state index contributed by atoms with van der Waals surface area (Å²) in [5.41, 5.74) is 0. The molecular weight excluding hydrogens is 376 g/mol. The fourth-order valence-electron chi connectivity index (χ4n) is 2.82. The summed E-state index contributed by atoms with van der Waals surface area (Å²) in [5, 5.41) is 0.852. The van der Waals surface area contributed by atoms with Crippen LogP contribution in [0, 0.1) is 5.92 Å². The lowest BCUT2D eigenvalue weighted by Crippen LogP contribution is -2.43. The minimum absolute atomic E-state index is 0.0136. The molecule has 9 heteroatoms. The highest BCUT2D eigenvalue weighted by molar-refractivity contribution is 7.92. The van der Waals surface area contributed by atoms with Gasteiger partial charge in [0.25, 0.3) is 0 Å². The van der Waals surface area contributed by atoms with Crippen LogP contribution in [0.3, 0.4) is 0 Å². The van der Waals surface area contributed by atoms with Gasteiger partial charge in [-0.25, -0.2) is 21.6 Å². The van der Waals surface area contributed by atoms with Crippen molar-refractivity contribution in [2.45, 2.75) is 37.7 Å². The second kappa shape index (κ2) is 8.51. The average molecular weight is 403 g/mol. The maximum Gasteiger partial charge on any atom is 0.243 e. The summed E-state index contributed by atoms with van der Waals surface area (Å²) < 4.78 is 58.0. The van der Waals surface area contributed by atoms with Gasteiger partial charge in [0.05, 0.1) is 11.0 Å². The molecule has 1 heterocycles. The highest BCUT2D eigenvalue weighted by Gasteiger charge is 2.30. The van der Waals surface area contributed by atoms with Gasteiger partial charge in [0.1, 0.15) is 5.75 Å². The van der Waals surface area contributed by atoms with Crippen molar-refractivity contribution in [3.8, 4) is 5.75 Å². The second-order valence-corrected chi connectivity index (χ2v) is 10.2. The Bertz CT molecular complexity index is 817. The predicted octanol–water partition coefficient (Wildman–Crippen LogP) is 1.94. The molecule has 0 unspecified atom stereocenters. The first-order valence-corrected chi connectivity index (χ1v) is 11.5. The van der Waals surface area contributed by atoms with Crippen molar-refractivity contribution < 1.29 is 21.6 Å². The molecule has 1 N–H and O–H groups in total. The molecule has 1 saturated heterocycles. The van der Waals surface area contributed by atoms with E-state index in [1.54, 1.807) is 12.1 Å². The van der Waals surface area contributed by atoms with E-state index in [4.69, 9.17) is 4.74 Å². The van der Waals surface area contributed by atoms with Gasteiger partial charge in [-0.3, -0.25) is 0 Å². The molecule has 0 amide bonds. The molecule has 1 fully saturated rings. The summed E-state index contributed by atoms with van der Waals surface area (Å²) in [6, 6.07) is 6.37. The van der Waals surface area contributed by atoms with Gasteiger partial charge in [-0.1, -0.05) is 6.58 Å². The number of sulfonamides is 2. The maximum atomic E-state index is 12.9. The molecule has 26 heavy (non-hydrogen) atoms. The summed E-state index contributed by atoms with van der Waals surface area (Å²) in [7, 11) is -7.13. The van der Waals surface area contributed by atoms with E-state index >= 15 is 0 Å². The lowest BCUT2D eigenvalue weighted by atomic mass is 10.0. The van der Waals surface area contributed by atoms with Gasteiger partial charge in [-0.2, -0.15) is 4.31 Å². The van der Waals surface area contributed by atoms with Crippen LogP contribution in [0.1, 0.15) is 26.7 Å². The molecule has 1 aliphatic rings. The SMILES string of the molecule is C=CS(=O)(=O)NC[C@H]1CCCN(S(=O)(=O)c2ccc(OC(C)C)cc2)C1. The Kier molecular flexibility index (Phi) is 6.84. The number of piperidine rings is 1. The molecule has 0 bridgehead atoms. The van der Waals surface area contributed by atoms with Crippen molar-refractivity contribution in [1.82, 2.24) is 9.03 Å². The van der Waals surface area contributed by atoms with Crippen molar-refractivity contribution in [3.05, 3.63) is 36.3 Å². The van der Waals surface area contributed by atoms with Crippen LogP contribution in [-0.4, -0.2) is 46.9 Å². The summed E-state index contributed by atoms with van der Waals surface area (Å²) in [6.45, 7) is 7.96. The lowest BCUT2D eigenvalue weighted by Gasteiger charge is -2.32. The van der Waals surface area contributed by atoms with E-state index in [-0.39, 0.29) is 30.0 Å². The third-order valence-electron chi connectivity index (χ3n) is 4.11. The molecule has 0 aromatic heterocycles. The normalized spacial score (nSPS) is 19.4. The Morgan fingerprint density at radius 1 is 1.27 bits per heavy atom. The number of nitrogens with zero attached hydrogens (tertiary/aromatic N) is 1. The summed E-state index contributed by atoms with van der Waals surface area (Å²) >= 11 is 0. The lowest BCUT2D eigenvalue weighted by molar-refractivity contribution is 0.242. The van der Waals surface area contributed by atoms with Crippen LogP contribution in [0.4, 0.5) is 0 Å². The van der Waals surface area contributed by atoms with Crippen molar-refractivity contribution in [2.24, 2.45) is 5.92 Å². The minimum atomic E-state index is -3.62. The number of benzene rings is 1. The maximum absolute atomic E-state index is 12.9. The first-order chi connectivity index (χ1) is 12.1. The largest absolute Gasteiger partial charge is 0.491 e. The van der Waals surface area contributed by atoms with E-state index in [9.17, 15) is 16.8 Å². The van der Waals surface area contributed by atoms with Crippen LogP contribution in [-0.2, 0) is 20.0 Å². The Hall–Kier alpha value is -1.42. The average Bonchev–Trinajstić information content (AvgIpc) is 2.60. The zero-order valence-corrected chi connectivity index (χ0v) is 16.7. The second-order valence-electron chi connectivity index (χ2n) is 6.57. The van der Waals surface area contributed by atoms with Gasteiger partial charge in [-0.05, 0) is 56.9 Å². The standard InChI is InChI=1S/C17H26N2O5S2/c1-4-25(20,21)18-12-15-6-5-11-19(13-15)26(22,23)17-9-7-16(8-10-17)24-14(2)3/h4,7-10,14-15,18H,1,5-6,11-13H2,2-3H3/t15-/m1/s1. The molecule has 7 nitrogen and oxygen atoms in total. The summed E-state index contributed by atoms with van der Waals surface area (Å²) in [5.74, 6) is 0.547. The molecule has 146 valence electrons. The Morgan fingerprint density at radius 2 is 1.92 bits per heavy atom. The molecular formula is C17H26N2O5S2. The smallest absolute Gasteiger partial charge is 0.243 e. The van der Waals surface area contributed by atoms with Crippen molar-refractivity contribution in [1.29, 1.82) is 0 Å². The molecule has 2 rings (SSSR count). The third kappa shape index (κ3) is 5.54. The van der Waals surface area contributed by atoms with Crippen molar-refractivity contribution >= 4 is 20.0 Å². The van der Waals surface area contributed by atoms with E-state index in [1.807, 2.05) is 13.8 Å². The fraction of sp³-hybridized carbons (Fsp3) is 0.529. The Morgan fingerprint density at radius 3 is 2.50 bits per heavy atom. The van der Waals surface area contributed by atoms with Gasteiger partial charge in [-0.15, -0.1) is 0 Å². The van der Waals surface area contributed by atoms with Gasteiger partial charge in [0.15, 0.2) is 0 Å². The van der Waals surface area contributed by atoms with E-state index in [1.165, 1.54) is 16.4 Å². The van der Waals surface area contributed by atoms with Crippen LogP contribution in [0.5, 0.6) is 5.75 Å². The monoisotopic (exact) mass is 402 g/mol. The molecule has 0 saturated carbocycles. The van der Waals surface area contributed by atoms with E-state index in [0.717, 1.165) is 11.8 Å². The molecule has 0 spiro atoms. The third-order valence-corrected chi connectivity index (χ3v) is 6.99. The fourth-order valence-corrected chi connectivity index (χ4v) is 4.96. The molecule has 1 aliphatic heterocycles. The zero-order valence-electron chi connectivity index (χ0n) is 15.1. The summed E-state index contributed by atoms with van der Waals surface area (Å²) in [6.07, 6.45) is 1.47. The Balaban J connectivity index is 2.07. The number of nitrogens with one attached hydrogen (secondary N) is 1. The van der Waals surface area contributed by atoms with Crippen LogP contribution < -0.4 is 9.46 Å². The summed E-state index contributed by atoms with van der Waals surface area (Å²) in [4.78, 5) is 0.209. The number of hydrogen-bond donors (Lipinski definition) is 1. The van der Waals surface area contributed by atoms with Crippen LogP contribution >= 0.6 is 0 Å². The number of hydrogen-bond acceptors (Lipinski definition) is 5. The van der Waals surface area contributed by atoms with E-state index in [2.05, 4.69) is 11.3 Å². The predicted molar refractivity (Wildman–Crippen MR) is 101 cm³/mol. The molecule has 1 atom stereocenters. The van der Waals surface area contributed by atoms with Gasteiger partial charge >= 0.3 is 0 Å². The highest BCUT2D eigenvalue weighted by Crippen LogP contribution is 2.25. The van der Waals surface area contributed by atoms with Gasteiger partial charge < -0.3 is 4.74 Å². The van der Waals surface area contributed by atoms with Crippen molar-refractivity contribution in [3.63, 3.8) is 0 Å². The first kappa shape index (κ1) is 20.9. The quantitative estimate of drug-likeness (QED) is 0.717. The van der Waals surface area contributed by atoms with E-state index in [0.29, 0.717) is 18.7 Å². The minimum Gasteiger partial charge on any atom is -0.491 e. The van der Waals surface area contributed by atoms with Gasteiger partial charge in [0.2, 0.25) is 20.0 Å². The Labute approximate surface area is 156 Å². The molecule has 0 radical (unpaired) electrons. The number of ether oxygens (including phenoxy) is 1. The van der Waals surface area contributed by atoms with Gasteiger partial charge in [0, 0.05) is 25.0 Å². The highest BCUT2D eigenvalue weighted by atomic mass is 32.2. The van der Waals surface area contributed by atoms with Crippen LogP contribution in [0.2, 0.25) is 0 Å². The van der Waals surface area contributed by atoms with Crippen LogP contribution in [0.15, 0.2) is 41.1 Å². The molecule has 1 aromatic carbocycles. The first-order valence-electron chi connectivity index (χ1n) is 8.53.